The molecule has 0 fully saturated rings. The van der Waals surface area contributed by atoms with E-state index in [0.717, 1.165) is 66.7 Å². The van der Waals surface area contributed by atoms with Crippen molar-refractivity contribution < 1.29 is 4.42 Å². The van der Waals surface area contributed by atoms with Crippen molar-refractivity contribution in [3.05, 3.63) is 133 Å². The molecule has 0 aliphatic carbocycles. The summed E-state index contributed by atoms with van der Waals surface area (Å²) in [5, 5.41) is 20.5. The molecule has 0 aliphatic rings. The van der Waals surface area contributed by atoms with E-state index in [4.69, 9.17) is 4.42 Å². The highest BCUT2D eigenvalue weighted by Gasteiger charge is 2.11. The Balaban J connectivity index is 1.18. The maximum absolute atomic E-state index is 9.18. The summed E-state index contributed by atoms with van der Waals surface area (Å²) in [6.07, 6.45) is 3.32. The Kier molecular flexibility index (Phi) is 5.82. The Bertz CT molecular complexity index is 2010. The van der Waals surface area contributed by atoms with Crippen LogP contribution >= 0.6 is 0 Å². The summed E-state index contributed by atoms with van der Waals surface area (Å²) in [5.41, 5.74) is 10.6. The number of nitrogens with zero attached hydrogens (tertiary/aromatic N) is 4. The van der Waals surface area contributed by atoms with Gasteiger partial charge in [0.05, 0.1) is 34.7 Å². The molecule has 3 heterocycles. The second kappa shape index (κ2) is 9.93. The van der Waals surface area contributed by atoms with Crippen LogP contribution in [0.3, 0.4) is 0 Å². The van der Waals surface area contributed by atoms with Gasteiger partial charge in [0.25, 0.3) is 0 Å². The Labute approximate surface area is 236 Å². The monoisotopic (exact) mass is 524 g/mol. The lowest BCUT2D eigenvalue weighted by Crippen LogP contribution is -1.85. The molecule has 0 N–H and O–H groups in total. The summed E-state index contributed by atoms with van der Waals surface area (Å²) in [6.45, 7) is 0. The van der Waals surface area contributed by atoms with E-state index in [1.165, 1.54) is 0 Å². The molecule has 0 aliphatic heterocycles. The first-order valence-electron chi connectivity index (χ1n) is 13.1. The van der Waals surface area contributed by atoms with Crippen LogP contribution in [0.2, 0.25) is 0 Å². The van der Waals surface area contributed by atoms with Crippen molar-refractivity contribution in [2.75, 3.05) is 0 Å². The largest absolute Gasteiger partial charge is 0.456 e. The molecular weight excluding hydrogens is 504 g/mol. The van der Waals surface area contributed by atoms with Gasteiger partial charge >= 0.3 is 0 Å². The molecule has 0 saturated heterocycles. The molecule has 4 aromatic carbocycles. The zero-order chi connectivity index (χ0) is 27.8. The number of benzene rings is 4. The molecule has 7 aromatic rings. The first-order valence-corrected chi connectivity index (χ1v) is 13.1. The summed E-state index contributed by atoms with van der Waals surface area (Å²) in [6, 6.07) is 40.3. The van der Waals surface area contributed by atoms with Crippen LogP contribution in [0.4, 0.5) is 0 Å². The minimum atomic E-state index is 0.592. The number of rotatable bonds is 4. The van der Waals surface area contributed by atoms with Crippen molar-refractivity contribution in [1.29, 1.82) is 10.5 Å². The number of hydrogen-bond acceptors (Lipinski definition) is 5. The van der Waals surface area contributed by atoms with Crippen molar-refractivity contribution in [2.45, 2.75) is 0 Å². The molecule has 0 atom stereocenters. The summed E-state index contributed by atoms with van der Waals surface area (Å²) in [7, 11) is 0. The number of nitriles is 2. The Morgan fingerprint density at radius 1 is 0.439 bits per heavy atom. The zero-order valence-electron chi connectivity index (χ0n) is 21.7. The molecule has 7 rings (SSSR count). The molecule has 0 bridgehead atoms. The first-order chi connectivity index (χ1) is 20.2. The molecule has 0 saturated carbocycles. The van der Waals surface area contributed by atoms with Gasteiger partial charge in [0.2, 0.25) is 0 Å². The molecular formula is C36H20N4O. The van der Waals surface area contributed by atoms with Gasteiger partial charge in [-0.05, 0) is 70.8 Å². The predicted molar refractivity (Wildman–Crippen MR) is 160 cm³/mol. The van der Waals surface area contributed by atoms with E-state index in [-0.39, 0.29) is 0 Å². The predicted octanol–water partition coefficient (Wildman–Crippen LogP) is 8.79. The number of hydrogen-bond donors (Lipinski definition) is 0. The molecule has 5 nitrogen and oxygen atoms in total. The molecule has 0 unspecified atom stereocenters. The number of fused-ring (bicyclic) bond motifs is 3. The lowest BCUT2D eigenvalue weighted by atomic mass is 9.99. The van der Waals surface area contributed by atoms with Crippen molar-refractivity contribution in [2.24, 2.45) is 0 Å². The van der Waals surface area contributed by atoms with Crippen molar-refractivity contribution in [3.63, 3.8) is 0 Å². The first kappa shape index (κ1) is 24.0. The van der Waals surface area contributed by atoms with Crippen LogP contribution < -0.4 is 0 Å². The fraction of sp³-hybridized carbons (Fsp3) is 0. The molecule has 41 heavy (non-hydrogen) atoms. The Hall–Kier alpha value is -6.04. The summed E-state index contributed by atoms with van der Waals surface area (Å²) in [4.78, 5) is 8.80. The molecule has 0 radical (unpaired) electrons. The van der Waals surface area contributed by atoms with Crippen LogP contribution in [0.1, 0.15) is 11.1 Å². The van der Waals surface area contributed by atoms with E-state index in [9.17, 15) is 10.5 Å². The third-order valence-electron chi connectivity index (χ3n) is 7.28. The van der Waals surface area contributed by atoms with Crippen molar-refractivity contribution in [3.8, 4) is 56.9 Å². The second-order valence-electron chi connectivity index (χ2n) is 9.76. The SMILES string of the molecule is N#Cc1ccnc(-c2ccc(-c3ccc4c(c3)oc3cc(-c5ccc(-c6cc(C#N)ccn6)cc5)ccc34)cc2)c1. The van der Waals surface area contributed by atoms with Gasteiger partial charge in [0.15, 0.2) is 0 Å². The van der Waals surface area contributed by atoms with Gasteiger partial charge in [-0.3, -0.25) is 9.97 Å². The van der Waals surface area contributed by atoms with Crippen LogP contribution in [0, 0.1) is 22.7 Å². The van der Waals surface area contributed by atoms with E-state index in [0.29, 0.717) is 11.1 Å². The maximum atomic E-state index is 9.18. The van der Waals surface area contributed by atoms with Gasteiger partial charge in [-0.2, -0.15) is 10.5 Å². The highest BCUT2D eigenvalue weighted by Crippen LogP contribution is 2.35. The number of pyridine rings is 2. The van der Waals surface area contributed by atoms with E-state index in [1.807, 2.05) is 24.3 Å². The summed E-state index contributed by atoms with van der Waals surface area (Å²) >= 11 is 0. The third-order valence-corrected chi connectivity index (χ3v) is 7.28. The summed E-state index contributed by atoms with van der Waals surface area (Å²) in [5.74, 6) is 0. The number of aromatic nitrogens is 2. The smallest absolute Gasteiger partial charge is 0.136 e. The van der Waals surface area contributed by atoms with E-state index >= 15 is 0 Å². The average Bonchev–Trinajstić information content (AvgIpc) is 3.42. The standard InChI is InChI=1S/C36H20N4O/c37-21-23-13-15-39-33(17-23)27-5-1-25(2-6-27)29-9-11-31-32-12-10-30(20-36(32)41-35(31)19-29)26-3-7-28(8-4-26)34-18-24(22-38)14-16-40-34/h1-20H. The van der Waals surface area contributed by atoms with E-state index in [1.54, 1.807) is 36.7 Å². The lowest BCUT2D eigenvalue weighted by molar-refractivity contribution is 0.669. The maximum Gasteiger partial charge on any atom is 0.136 e. The fourth-order valence-corrected chi connectivity index (χ4v) is 5.12. The van der Waals surface area contributed by atoms with Gasteiger partial charge in [0.1, 0.15) is 11.2 Å². The van der Waals surface area contributed by atoms with Crippen LogP contribution in [0.5, 0.6) is 0 Å². The quantitative estimate of drug-likeness (QED) is 0.230. The number of furan rings is 1. The summed E-state index contributed by atoms with van der Waals surface area (Å²) < 4.78 is 6.33. The van der Waals surface area contributed by atoms with Crippen LogP contribution in [0.25, 0.3) is 66.7 Å². The van der Waals surface area contributed by atoms with Crippen LogP contribution in [-0.4, -0.2) is 9.97 Å². The second-order valence-corrected chi connectivity index (χ2v) is 9.76. The Morgan fingerprint density at radius 3 is 1.24 bits per heavy atom. The topological polar surface area (TPSA) is 86.5 Å². The average molecular weight is 525 g/mol. The van der Waals surface area contributed by atoms with Crippen molar-refractivity contribution >= 4 is 21.9 Å². The Morgan fingerprint density at radius 2 is 0.829 bits per heavy atom. The minimum absolute atomic E-state index is 0.592. The highest BCUT2D eigenvalue weighted by atomic mass is 16.3. The minimum Gasteiger partial charge on any atom is -0.456 e. The van der Waals surface area contributed by atoms with E-state index < -0.39 is 0 Å². The molecule has 0 spiro atoms. The molecule has 3 aromatic heterocycles. The van der Waals surface area contributed by atoms with Gasteiger partial charge in [-0.1, -0.05) is 60.7 Å². The highest BCUT2D eigenvalue weighted by molar-refractivity contribution is 6.07. The van der Waals surface area contributed by atoms with Crippen molar-refractivity contribution in [1.82, 2.24) is 9.97 Å². The molecule has 190 valence electrons. The van der Waals surface area contributed by atoms with Crippen LogP contribution in [0.15, 0.2) is 126 Å². The zero-order valence-corrected chi connectivity index (χ0v) is 21.7. The van der Waals surface area contributed by atoms with Gasteiger partial charge < -0.3 is 4.42 Å². The van der Waals surface area contributed by atoms with Crippen LogP contribution in [-0.2, 0) is 0 Å². The van der Waals surface area contributed by atoms with Gasteiger partial charge in [-0.15, -0.1) is 0 Å². The fourth-order valence-electron chi connectivity index (χ4n) is 5.12. The molecule has 5 heteroatoms. The molecule has 0 amide bonds. The van der Waals surface area contributed by atoms with E-state index in [2.05, 4.69) is 82.8 Å². The normalized spacial score (nSPS) is 10.9. The lowest BCUT2D eigenvalue weighted by Gasteiger charge is -2.05. The third kappa shape index (κ3) is 4.48. The van der Waals surface area contributed by atoms with Gasteiger partial charge in [-0.25, -0.2) is 0 Å². The van der Waals surface area contributed by atoms with Gasteiger partial charge in [0, 0.05) is 34.3 Å².